The molecule has 4 aromatic heterocycles. The number of anilines is 1. The Bertz CT molecular complexity index is 6090. The zero-order valence-electron chi connectivity index (χ0n) is 78.7. The van der Waals surface area contributed by atoms with Crippen molar-refractivity contribution >= 4 is 86.7 Å². The van der Waals surface area contributed by atoms with E-state index in [2.05, 4.69) is 121 Å². The summed E-state index contributed by atoms with van der Waals surface area (Å²) in [6.45, 7) is 29.6. The van der Waals surface area contributed by atoms with Gasteiger partial charge in [0.2, 0.25) is 0 Å². The van der Waals surface area contributed by atoms with Gasteiger partial charge in [-0.05, 0) is 229 Å². The number of ether oxygens (including phenoxy) is 5. The van der Waals surface area contributed by atoms with Gasteiger partial charge in [-0.15, -0.1) is 0 Å². The van der Waals surface area contributed by atoms with Crippen LogP contribution >= 0.6 is 0 Å². The minimum absolute atomic E-state index is 0.0114. The van der Waals surface area contributed by atoms with Crippen molar-refractivity contribution in [2.24, 2.45) is 0 Å². The van der Waals surface area contributed by atoms with Crippen LogP contribution in [0, 0.1) is 23.3 Å². The zero-order chi connectivity index (χ0) is 95.0. The molecule has 8 atom stereocenters. The third-order valence-corrected chi connectivity index (χ3v) is 24.8. The number of cyclic esters (lactones) is 4. The van der Waals surface area contributed by atoms with Gasteiger partial charge in [0, 0.05) is 137 Å². The number of nitrogens with zero attached hydrogens (tertiary/aromatic N) is 5. The van der Waals surface area contributed by atoms with Crippen LogP contribution in [0.1, 0.15) is 270 Å². The van der Waals surface area contributed by atoms with Gasteiger partial charge in [0.15, 0.2) is 0 Å². The minimum atomic E-state index is -0.723. The second-order valence-electron chi connectivity index (χ2n) is 37.7. The molecule has 696 valence electrons. The van der Waals surface area contributed by atoms with Gasteiger partial charge in [-0.1, -0.05) is 154 Å². The normalized spacial score (nSPS) is 19.6. The van der Waals surface area contributed by atoms with Crippen LogP contribution in [0.5, 0.6) is 0 Å². The SMILES string of the molecule is CC(C)c1cc(-c2c(/C=C/C3CC(O)CC(=O)O3)c(C3CC3)nc3ccccc23)ccc1F.CC(C)c1ccc2c(-c3ccc(F)cc3)c(/C=C/C3CC(O)CC(=O)O3)n(C(C)C)c2c1.CC(C)c1ccc2c(c1)c(-c1ccc(F)cc1)c(/C=C/C1CC(O)CC(=O)O1)n2C(C)C.COCc1c(N(C)C)nc(C(C)C)c(/C=C/C2CC(O)CC(=O)O2)c1-c1ccc(F)c(C(C)C)c1. The maximum atomic E-state index is 14.6. The largest absolute Gasteiger partial charge is 0.458 e. The molecule has 22 heteroatoms. The van der Waals surface area contributed by atoms with E-state index in [1.54, 1.807) is 43.5 Å². The number of fused-ring (bicyclic) bond motifs is 3. The molecule has 1 saturated carbocycles. The van der Waals surface area contributed by atoms with Crippen molar-refractivity contribution in [2.75, 3.05) is 26.1 Å². The lowest BCUT2D eigenvalue weighted by Crippen LogP contribution is -2.31. The van der Waals surface area contributed by atoms with Gasteiger partial charge in [0.25, 0.3) is 0 Å². The number of para-hydroxylation sites is 1. The molecule has 4 saturated heterocycles. The van der Waals surface area contributed by atoms with E-state index in [4.69, 9.17) is 33.7 Å². The summed E-state index contributed by atoms with van der Waals surface area (Å²) in [5.74, 6) is -0.436. The lowest BCUT2D eigenvalue weighted by atomic mass is 9.88. The molecule has 4 aliphatic heterocycles. The first-order valence-corrected chi connectivity index (χ1v) is 46.3. The first kappa shape index (κ1) is 97.9. The number of hydrogen-bond donors (Lipinski definition) is 4. The second kappa shape index (κ2) is 42.9. The number of benzene rings is 7. The van der Waals surface area contributed by atoms with Crippen molar-refractivity contribution in [3.8, 4) is 44.5 Å². The van der Waals surface area contributed by atoms with Crippen molar-refractivity contribution in [1.82, 2.24) is 19.1 Å². The van der Waals surface area contributed by atoms with Crippen LogP contribution in [0.15, 0.2) is 170 Å². The maximum Gasteiger partial charge on any atom is 0.309 e. The van der Waals surface area contributed by atoms with Crippen LogP contribution in [0.3, 0.4) is 0 Å². The van der Waals surface area contributed by atoms with Crippen LogP contribution in [-0.4, -0.2) is 133 Å². The van der Waals surface area contributed by atoms with Crippen molar-refractivity contribution in [2.45, 2.75) is 264 Å². The number of hydrogen-bond acceptors (Lipinski definition) is 16. The molecule has 7 aromatic carbocycles. The van der Waals surface area contributed by atoms with Crippen LogP contribution in [0.2, 0.25) is 0 Å². The lowest BCUT2D eigenvalue weighted by Gasteiger charge is -2.26. The molecule has 0 spiro atoms. The highest BCUT2D eigenvalue weighted by molar-refractivity contribution is 6.04. The number of carbonyl (C=O) groups is 4. The number of aromatic nitrogens is 4. The van der Waals surface area contributed by atoms with E-state index < -0.39 is 54.8 Å². The Balaban J connectivity index is 0.000000150. The van der Waals surface area contributed by atoms with Gasteiger partial charge < -0.3 is 58.1 Å². The van der Waals surface area contributed by atoms with Gasteiger partial charge in [0.05, 0.1) is 73.6 Å². The van der Waals surface area contributed by atoms with Gasteiger partial charge >= 0.3 is 23.9 Å². The smallest absolute Gasteiger partial charge is 0.309 e. The van der Waals surface area contributed by atoms with Crippen LogP contribution in [0.25, 0.3) is 102 Å². The van der Waals surface area contributed by atoms with E-state index in [0.717, 1.165) is 135 Å². The summed E-state index contributed by atoms with van der Waals surface area (Å²) in [6.07, 6.45) is 14.3. The van der Waals surface area contributed by atoms with Crippen molar-refractivity contribution in [3.63, 3.8) is 0 Å². The Labute approximate surface area is 772 Å². The Hall–Kier alpha value is -11.7. The Morgan fingerprint density at radius 1 is 0.432 bits per heavy atom. The summed E-state index contributed by atoms with van der Waals surface area (Å²) in [5, 5.41) is 43.2. The second-order valence-corrected chi connectivity index (χ2v) is 37.7. The Morgan fingerprint density at radius 3 is 1.27 bits per heavy atom. The topological polar surface area (TPSA) is 234 Å². The molecule has 0 bridgehead atoms. The summed E-state index contributed by atoms with van der Waals surface area (Å²) < 4.78 is 88.4. The standard InChI is InChI=1S/C28H37FN2O4.C28H28FNO3.2C27H30FNO3/c1-16(2)22-12-18(8-11-24(22)29)26-21(10-9-20-13-19(32)14-25(33)35-20)27(17(3)4)30-28(31(5)6)23(26)15-34-7;1-16(2)23-13-18(9-12-24(23)29)27-21-5-3-4-6-25(21)30-28(17-7-8-17)22(27)11-10-20-14-19(31)15-26(32)33-20;1-16(2)19-7-11-24-23(13-19)27(18-5-8-20(28)9-6-18)25(29(24)17(3)4)12-10-22-14-21(30)15-26(31)32-22;1-16(2)19-7-11-23-25(13-19)29(17(3)4)24(27(23)18-5-8-20(28)9-6-18)12-10-22-14-21(30)15-26(31)32-22/h8-12,16-17,19-20,32H,13-15H2,1-7H3;3-6,9-13,16-17,19-20,31H,7-8,14-15H2,1-2H3;2*5-13,16-17,21-22,30H,14-15H2,1-4H3/b10-9+;11-10+;2*12-10+. The molecular weight excluding hydrogens is 1680 g/mol. The number of pyridine rings is 2. The highest BCUT2D eigenvalue weighted by atomic mass is 19.1. The highest BCUT2D eigenvalue weighted by Gasteiger charge is 2.35. The summed E-state index contributed by atoms with van der Waals surface area (Å²) >= 11 is 0. The molecule has 18 nitrogen and oxygen atoms in total. The molecule has 11 aromatic rings. The molecule has 5 aliphatic rings. The van der Waals surface area contributed by atoms with Gasteiger partial charge in [-0.2, -0.15) is 0 Å². The van der Waals surface area contributed by atoms with Gasteiger partial charge in [-0.25, -0.2) is 22.5 Å². The number of esters is 4. The molecule has 1 aliphatic carbocycles. The first-order chi connectivity index (χ1) is 62.9. The molecule has 0 amide bonds. The van der Waals surface area contributed by atoms with Crippen molar-refractivity contribution in [3.05, 3.63) is 255 Å². The summed E-state index contributed by atoms with van der Waals surface area (Å²) in [7, 11) is 5.53. The molecule has 132 heavy (non-hydrogen) atoms. The van der Waals surface area contributed by atoms with Crippen LogP contribution in [-0.2, 0) is 49.5 Å². The van der Waals surface area contributed by atoms with Gasteiger partial charge in [0.1, 0.15) is 53.5 Å². The van der Waals surface area contributed by atoms with E-state index in [1.165, 1.54) is 41.5 Å². The average molecular weight is 1800 g/mol. The highest BCUT2D eigenvalue weighted by Crippen LogP contribution is 2.48. The van der Waals surface area contributed by atoms with Crippen molar-refractivity contribution in [1.29, 1.82) is 0 Å². The Morgan fingerprint density at radius 2 is 0.848 bits per heavy atom. The molecule has 4 N–H and O–H groups in total. The summed E-state index contributed by atoms with van der Waals surface area (Å²) in [5.41, 5.74) is 21.2. The minimum Gasteiger partial charge on any atom is -0.458 e. The molecule has 0 radical (unpaired) electrons. The maximum absolute atomic E-state index is 14.6. The molecule has 8 heterocycles. The number of rotatable bonds is 23. The number of aliphatic hydroxyl groups excluding tert-OH is 4. The number of halogens is 4. The third kappa shape index (κ3) is 23.1. The van der Waals surface area contributed by atoms with E-state index in [9.17, 15) is 57.2 Å². The molecular formula is C110H125F4N5O13. The number of methoxy groups -OCH3 is 1. The van der Waals surface area contributed by atoms with Crippen LogP contribution < -0.4 is 4.90 Å². The van der Waals surface area contributed by atoms with E-state index >= 15 is 0 Å². The zero-order valence-corrected chi connectivity index (χ0v) is 78.7. The monoisotopic (exact) mass is 1800 g/mol. The van der Waals surface area contributed by atoms with E-state index in [-0.39, 0.29) is 96.7 Å². The fourth-order valence-electron chi connectivity index (χ4n) is 18.1. The summed E-state index contributed by atoms with van der Waals surface area (Å²) in [4.78, 5) is 59.2. The Kier molecular flexibility index (Phi) is 31.8. The molecule has 8 unspecified atom stereocenters. The van der Waals surface area contributed by atoms with Crippen molar-refractivity contribution < 1.29 is 80.9 Å². The predicted octanol–water partition coefficient (Wildman–Crippen LogP) is 24.0. The fourth-order valence-corrected chi connectivity index (χ4v) is 18.1. The summed E-state index contributed by atoms with van der Waals surface area (Å²) in [6, 6.07) is 45.1. The lowest BCUT2D eigenvalue weighted by molar-refractivity contribution is -0.157. The predicted molar refractivity (Wildman–Crippen MR) is 516 cm³/mol. The quantitative estimate of drug-likeness (QED) is 0.0265. The fraction of sp³-hybridized carbons (Fsp3) is 0.400. The van der Waals surface area contributed by atoms with E-state index in [1.807, 2.05) is 132 Å². The van der Waals surface area contributed by atoms with Gasteiger partial charge in [-0.3, -0.25) is 24.2 Å². The first-order valence-electron chi connectivity index (χ1n) is 46.3. The average Bonchev–Trinajstić information content (AvgIpc) is 1.41. The molecule has 5 fully saturated rings. The van der Waals surface area contributed by atoms with Crippen LogP contribution in [0.4, 0.5) is 23.4 Å². The molecule has 16 rings (SSSR count). The third-order valence-electron chi connectivity index (χ3n) is 24.8. The number of aliphatic hydroxyl groups is 4. The van der Waals surface area contributed by atoms with E-state index in [0.29, 0.717) is 61.2 Å². The number of carbonyl (C=O) groups excluding carboxylic acids is 4.